The minimum Gasteiger partial charge on any atom is -0.478 e. The molecule has 0 unspecified atom stereocenters. The summed E-state index contributed by atoms with van der Waals surface area (Å²) in [7, 11) is -2.35. The molecule has 4 N–H and O–H groups in total. The van der Waals surface area contributed by atoms with Crippen molar-refractivity contribution < 1.29 is 33.0 Å². The molecule has 0 spiro atoms. The summed E-state index contributed by atoms with van der Waals surface area (Å²) in [5.41, 5.74) is 0. The van der Waals surface area contributed by atoms with Crippen molar-refractivity contribution in [2.45, 2.75) is 11.3 Å². The van der Waals surface area contributed by atoms with E-state index in [4.69, 9.17) is 15.4 Å². The number of carboxylic acid groups (broad SMARTS) is 2. The van der Waals surface area contributed by atoms with E-state index < -0.39 is 27.9 Å². The van der Waals surface area contributed by atoms with Crippen molar-refractivity contribution in [3.05, 3.63) is 17.0 Å². The Morgan fingerprint density at radius 1 is 1.27 bits per heavy atom. The Hall–Kier alpha value is -2.38. The number of primary sulfonamides is 1. The first-order valence-electron chi connectivity index (χ1n) is 5.19. The number of hydrogen-bond acceptors (Lipinski definition) is 7. The molecule has 0 aliphatic rings. The largest absolute Gasteiger partial charge is 0.478 e. The van der Waals surface area contributed by atoms with E-state index in [9.17, 15) is 22.8 Å². The van der Waals surface area contributed by atoms with Gasteiger partial charge in [0.05, 0.1) is 0 Å². The third-order valence-electron chi connectivity index (χ3n) is 1.55. The molecular weight excluding hydrogens is 340 g/mol. The second kappa shape index (κ2) is 8.16. The number of nitrogens with zero attached hydrogens (tertiary/aromatic N) is 3. The molecule has 1 rings (SSSR count). The van der Waals surface area contributed by atoms with Gasteiger partial charge in [0.1, 0.15) is 0 Å². The van der Waals surface area contributed by atoms with E-state index in [0.717, 1.165) is 11.3 Å². The van der Waals surface area contributed by atoms with E-state index in [1.807, 2.05) is 0 Å². The summed E-state index contributed by atoms with van der Waals surface area (Å²) in [5.74, 6) is -2.94. The van der Waals surface area contributed by atoms with Crippen molar-refractivity contribution in [1.82, 2.24) is 9.78 Å². The highest BCUT2D eigenvalue weighted by Crippen LogP contribution is 2.03. The van der Waals surface area contributed by atoms with E-state index in [1.165, 1.54) is 18.7 Å². The molecule has 1 aromatic rings. The lowest BCUT2D eigenvalue weighted by atomic mass is 10.5. The van der Waals surface area contributed by atoms with Crippen LogP contribution in [0.3, 0.4) is 0 Å². The fraction of sp³-hybridized carbons (Fsp3) is 0.222. The molecule has 122 valence electrons. The summed E-state index contributed by atoms with van der Waals surface area (Å²) in [6.45, 7) is 1.26. The van der Waals surface area contributed by atoms with Gasteiger partial charge < -0.3 is 10.2 Å². The zero-order valence-corrected chi connectivity index (χ0v) is 13.0. The zero-order valence-electron chi connectivity index (χ0n) is 11.3. The quantitative estimate of drug-likeness (QED) is 0.537. The first-order chi connectivity index (χ1) is 9.93. The monoisotopic (exact) mass is 352 g/mol. The predicted octanol–water partition coefficient (Wildman–Crippen LogP) is -1.71. The average Bonchev–Trinajstić information content (AvgIpc) is 2.68. The summed E-state index contributed by atoms with van der Waals surface area (Å²) in [6.07, 6.45) is 1.12. The van der Waals surface area contributed by atoms with Gasteiger partial charge in [0.15, 0.2) is 0 Å². The lowest BCUT2D eigenvalue weighted by molar-refractivity contribution is -0.134. The Morgan fingerprint density at radius 2 is 1.73 bits per heavy atom. The highest BCUT2D eigenvalue weighted by Gasteiger charge is 2.14. The lowest BCUT2D eigenvalue weighted by Gasteiger charge is -1.86. The topological polar surface area (TPSA) is 182 Å². The van der Waals surface area contributed by atoms with Crippen LogP contribution in [0.15, 0.2) is 21.5 Å². The second-order valence-corrected chi connectivity index (χ2v) is 6.15. The van der Waals surface area contributed by atoms with Gasteiger partial charge in [0.25, 0.3) is 10.0 Å². The summed E-state index contributed by atoms with van der Waals surface area (Å²) in [5, 5.41) is 24.1. The van der Waals surface area contributed by atoms with Gasteiger partial charge in [0, 0.05) is 26.1 Å². The average molecular weight is 352 g/mol. The molecule has 22 heavy (non-hydrogen) atoms. The molecule has 11 nitrogen and oxygen atoms in total. The molecule has 1 amide bonds. The van der Waals surface area contributed by atoms with E-state index in [2.05, 4.69) is 10.1 Å². The molecule has 0 atom stereocenters. The number of aliphatic carboxylic acids is 2. The smallest absolute Gasteiger partial charge is 0.328 e. The molecule has 0 aliphatic carbocycles. The van der Waals surface area contributed by atoms with Gasteiger partial charge in [0.2, 0.25) is 15.0 Å². The maximum absolute atomic E-state index is 10.9. The summed E-state index contributed by atoms with van der Waals surface area (Å²) in [6, 6.07) is 0. The molecule has 1 heterocycles. The van der Waals surface area contributed by atoms with Crippen LogP contribution in [0.4, 0.5) is 0 Å². The van der Waals surface area contributed by atoms with Gasteiger partial charge in [-0.25, -0.2) is 27.8 Å². The van der Waals surface area contributed by atoms with Crippen LogP contribution < -0.4 is 9.94 Å². The maximum Gasteiger partial charge on any atom is 0.328 e. The maximum atomic E-state index is 10.9. The fourth-order valence-corrected chi connectivity index (χ4v) is 2.41. The zero-order chi connectivity index (χ0) is 17.5. The SMILES string of the molecule is CC(=O)N=c1sc(S(N)(=O)=O)nn1C.O=C(O)/C=C\C(=O)O. The van der Waals surface area contributed by atoms with Crippen molar-refractivity contribution in [1.29, 1.82) is 0 Å². The van der Waals surface area contributed by atoms with Crippen LogP contribution in [0, 0.1) is 0 Å². The van der Waals surface area contributed by atoms with Gasteiger partial charge in [-0.1, -0.05) is 11.3 Å². The molecule has 0 bridgehead atoms. The van der Waals surface area contributed by atoms with Crippen LogP contribution in [0.5, 0.6) is 0 Å². The number of carbonyl (C=O) groups excluding carboxylic acids is 1. The van der Waals surface area contributed by atoms with Gasteiger partial charge >= 0.3 is 11.9 Å². The number of sulfonamides is 1. The molecule has 0 aromatic carbocycles. The number of carboxylic acids is 2. The molecule has 0 radical (unpaired) electrons. The second-order valence-electron chi connectivity index (χ2n) is 3.46. The summed E-state index contributed by atoms with van der Waals surface area (Å²) in [4.78, 5) is 33.5. The van der Waals surface area contributed by atoms with Crippen LogP contribution in [-0.2, 0) is 31.5 Å². The third kappa shape index (κ3) is 8.03. The normalized spacial score (nSPS) is 11.9. The third-order valence-corrected chi connectivity index (χ3v) is 3.86. The van der Waals surface area contributed by atoms with Crippen LogP contribution in [-0.4, -0.2) is 46.3 Å². The Bertz CT molecular complexity index is 756. The first-order valence-corrected chi connectivity index (χ1v) is 7.56. The van der Waals surface area contributed by atoms with Crippen molar-refractivity contribution in [2.24, 2.45) is 17.2 Å². The number of carbonyl (C=O) groups is 3. The minimum absolute atomic E-state index is 0.196. The summed E-state index contributed by atoms with van der Waals surface area (Å²) >= 11 is 0.746. The Morgan fingerprint density at radius 3 is 2.00 bits per heavy atom. The number of rotatable bonds is 3. The Kier molecular flexibility index (Phi) is 7.28. The van der Waals surface area contributed by atoms with Crippen molar-refractivity contribution in [3.63, 3.8) is 0 Å². The standard InChI is InChI=1S/C5H8N4O3S2.C4H4O4/c1-3(10)7-4-9(2)8-5(13-4)14(6,11)12;5-3(6)1-2-4(7)8/h1-2H3,(H2,6,11,12);1-2H,(H,5,6)(H,7,8)/b;2-1-. The van der Waals surface area contributed by atoms with E-state index in [-0.39, 0.29) is 9.14 Å². The molecule has 1 aromatic heterocycles. The van der Waals surface area contributed by atoms with E-state index in [0.29, 0.717) is 12.2 Å². The van der Waals surface area contributed by atoms with Gasteiger partial charge in [-0.05, 0) is 0 Å². The van der Waals surface area contributed by atoms with Crippen molar-refractivity contribution in [3.8, 4) is 0 Å². The molecule has 0 saturated carbocycles. The van der Waals surface area contributed by atoms with E-state index in [1.54, 1.807) is 0 Å². The van der Waals surface area contributed by atoms with Crippen molar-refractivity contribution in [2.75, 3.05) is 0 Å². The van der Waals surface area contributed by atoms with Gasteiger partial charge in [-0.15, -0.1) is 5.10 Å². The van der Waals surface area contributed by atoms with Crippen molar-refractivity contribution >= 4 is 39.2 Å². The molecule has 13 heteroatoms. The lowest BCUT2D eigenvalue weighted by Crippen LogP contribution is -2.14. The van der Waals surface area contributed by atoms with Crippen LogP contribution in [0.2, 0.25) is 0 Å². The number of amides is 1. The number of hydrogen-bond donors (Lipinski definition) is 3. The highest BCUT2D eigenvalue weighted by atomic mass is 32.2. The Labute approximate surface area is 128 Å². The van der Waals surface area contributed by atoms with E-state index >= 15 is 0 Å². The molecule has 0 aliphatic heterocycles. The predicted molar refractivity (Wildman–Crippen MR) is 73.1 cm³/mol. The minimum atomic E-state index is -3.83. The first kappa shape index (κ1) is 19.6. The number of nitrogens with two attached hydrogens (primary N) is 1. The summed E-state index contributed by atoms with van der Waals surface area (Å²) < 4.78 is 22.7. The van der Waals surface area contributed by atoms with Crippen LogP contribution in [0.25, 0.3) is 0 Å². The molecular formula is C9H12N4O7S2. The number of aryl methyl sites for hydroxylation is 1. The highest BCUT2D eigenvalue weighted by molar-refractivity contribution is 7.91. The van der Waals surface area contributed by atoms with Crippen LogP contribution >= 0.6 is 11.3 Å². The van der Waals surface area contributed by atoms with Gasteiger partial charge in [-0.2, -0.15) is 4.99 Å². The molecule has 0 saturated heterocycles. The molecule has 0 fully saturated rings. The van der Waals surface area contributed by atoms with Crippen LogP contribution in [0.1, 0.15) is 6.92 Å². The Balaban J connectivity index is 0.000000472. The van der Waals surface area contributed by atoms with Gasteiger partial charge in [-0.3, -0.25) is 4.79 Å². The fourth-order valence-electron chi connectivity index (χ4n) is 0.817. The number of aromatic nitrogens is 2.